The van der Waals surface area contributed by atoms with Crippen LogP contribution >= 0.6 is 0 Å². The molecule has 0 fully saturated rings. The first-order valence-corrected chi connectivity index (χ1v) is 5.68. The first kappa shape index (κ1) is 13.6. The van der Waals surface area contributed by atoms with Gasteiger partial charge in [0.1, 0.15) is 5.78 Å². The molecule has 0 aromatic carbocycles. The second-order valence-corrected chi connectivity index (χ2v) is 4.91. The fraction of sp³-hybridized carbons (Fsp3) is 0.917. The maximum absolute atomic E-state index is 11.7. The molecule has 0 amide bonds. The molecule has 0 aromatic rings. The normalized spacial score (nSPS) is 12.1. The third-order valence-corrected chi connectivity index (χ3v) is 2.47. The van der Waals surface area contributed by atoms with E-state index in [1.165, 1.54) is 0 Å². The third kappa shape index (κ3) is 6.14. The van der Waals surface area contributed by atoms with Crippen LogP contribution in [0.2, 0.25) is 0 Å². The van der Waals surface area contributed by atoms with E-state index in [2.05, 4.69) is 39.9 Å². The molecule has 0 radical (unpaired) electrons. The number of hydrogen-bond acceptors (Lipinski definition) is 2. The predicted molar refractivity (Wildman–Crippen MR) is 61.5 cm³/mol. The minimum absolute atomic E-state index is 0.119. The van der Waals surface area contributed by atoms with E-state index in [1.807, 2.05) is 0 Å². The van der Waals surface area contributed by atoms with Crippen molar-refractivity contribution in [2.24, 2.45) is 5.92 Å². The van der Waals surface area contributed by atoms with E-state index in [0.717, 1.165) is 19.4 Å². The summed E-state index contributed by atoms with van der Waals surface area (Å²) in [6.45, 7) is 11.3. The van der Waals surface area contributed by atoms with Gasteiger partial charge in [-0.25, -0.2) is 0 Å². The van der Waals surface area contributed by atoms with E-state index >= 15 is 0 Å². The van der Waals surface area contributed by atoms with Crippen molar-refractivity contribution < 1.29 is 4.79 Å². The van der Waals surface area contributed by atoms with Crippen molar-refractivity contribution in [2.45, 2.75) is 59.4 Å². The molecule has 0 aromatic heterocycles. The van der Waals surface area contributed by atoms with Gasteiger partial charge in [0.2, 0.25) is 0 Å². The fourth-order valence-corrected chi connectivity index (χ4v) is 1.51. The fourth-order valence-electron chi connectivity index (χ4n) is 1.51. The highest BCUT2D eigenvalue weighted by atomic mass is 16.1. The van der Waals surface area contributed by atoms with Crippen molar-refractivity contribution in [2.75, 3.05) is 6.54 Å². The quantitative estimate of drug-likeness (QED) is 0.712. The van der Waals surface area contributed by atoms with Gasteiger partial charge in [-0.3, -0.25) is 4.79 Å². The minimum atomic E-state index is 0.119. The summed E-state index contributed by atoms with van der Waals surface area (Å²) >= 11 is 0. The molecule has 0 rings (SSSR count). The van der Waals surface area contributed by atoms with Crippen molar-refractivity contribution in [1.29, 1.82) is 0 Å². The van der Waals surface area contributed by atoms with Gasteiger partial charge in [0, 0.05) is 24.4 Å². The summed E-state index contributed by atoms with van der Waals surface area (Å²) in [6, 6.07) is 0. The summed E-state index contributed by atoms with van der Waals surface area (Å²) in [6.07, 6.45) is 2.62. The molecule has 1 N–H and O–H groups in total. The van der Waals surface area contributed by atoms with E-state index in [9.17, 15) is 4.79 Å². The summed E-state index contributed by atoms with van der Waals surface area (Å²) in [5.74, 6) is 0.684. The van der Waals surface area contributed by atoms with Crippen LogP contribution in [0, 0.1) is 5.92 Å². The topological polar surface area (TPSA) is 29.1 Å². The summed E-state index contributed by atoms with van der Waals surface area (Å²) in [5, 5.41) is 3.33. The lowest BCUT2D eigenvalue weighted by atomic mass is 9.96. The molecular weight excluding hydrogens is 174 g/mol. The molecule has 14 heavy (non-hydrogen) atoms. The lowest BCUT2D eigenvalue weighted by Gasteiger charge is -2.21. The highest BCUT2D eigenvalue weighted by Crippen LogP contribution is 2.10. The zero-order valence-corrected chi connectivity index (χ0v) is 10.3. The Kier molecular flexibility index (Phi) is 6.01. The number of nitrogens with one attached hydrogen (secondary N) is 1. The second-order valence-electron chi connectivity index (χ2n) is 4.91. The molecule has 0 aliphatic heterocycles. The Labute approximate surface area is 88.5 Å². The number of carbonyl (C=O) groups is 1. The maximum atomic E-state index is 11.7. The van der Waals surface area contributed by atoms with Crippen LogP contribution in [0.15, 0.2) is 0 Å². The molecule has 0 atom stereocenters. The average Bonchev–Trinajstić information content (AvgIpc) is 2.04. The number of carbonyl (C=O) groups excluding carboxylic acids is 1. The first-order valence-electron chi connectivity index (χ1n) is 5.68. The molecule has 2 heteroatoms. The van der Waals surface area contributed by atoms with Gasteiger partial charge in [-0.15, -0.1) is 0 Å². The zero-order valence-electron chi connectivity index (χ0n) is 10.3. The second kappa shape index (κ2) is 6.18. The third-order valence-electron chi connectivity index (χ3n) is 2.47. The molecule has 0 bridgehead atoms. The number of ketones is 1. The molecule has 0 saturated carbocycles. The Morgan fingerprint density at radius 2 is 1.71 bits per heavy atom. The average molecular weight is 199 g/mol. The number of Topliss-reactive ketones (excluding diaryl/α,β-unsaturated/α-hetero) is 1. The summed E-state index contributed by atoms with van der Waals surface area (Å²) < 4.78 is 0. The standard InChI is InChI=1S/C12H25NO/c1-6-10(7-2)11(14)8-9-13-12(3,4)5/h10,13H,6-9H2,1-5H3. The molecule has 0 aliphatic carbocycles. The zero-order chi connectivity index (χ0) is 11.2. The van der Waals surface area contributed by atoms with Crippen LogP contribution in [-0.2, 0) is 4.79 Å². The van der Waals surface area contributed by atoms with Gasteiger partial charge in [0.15, 0.2) is 0 Å². The van der Waals surface area contributed by atoms with Crippen molar-refractivity contribution in [1.82, 2.24) is 5.32 Å². The van der Waals surface area contributed by atoms with Gasteiger partial charge in [-0.1, -0.05) is 13.8 Å². The maximum Gasteiger partial charge on any atom is 0.137 e. The van der Waals surface area contributed by atoms with E-state index in [1.54, 1.807) is 0 Å². The van der Waals surface area contributed by atoms with Crippen LogP contribution in [0.3, 0.4) is 0 Å². The molecule has 0 heterocycles. The molecule has 0 spiro atoms. The Morgan fingerprint density at radius 3 is 2.07 bits per heavy atom. The van der Waals surface area contributed by atoms with E-state index < -0.39 is 0 Å². The highest BCUT2D eigenvalue weighted by molar-refractivity contribution is 5.81. The molecule has 0 unspecified atom stereocenters. The van der Waals surface area contributed by atoms with Gasteiger partial charge in [-0.2, -0.15) is 0 Å². The Hall–Kier alpha value is -0.370. The monoisotopic (exact) mass is 199 g/mol. The van der Waals surface area contributed by atoms with Crippen molar-refractivity contribution in [3.8, 4) is 0 Å². The highest BCUT2D eigenvalue weighted by Gasteiger charge is 2.15. The minimum Gasteiger partial charge on any atom is -0.312 e. The SMILES string of the molecule is CCC(CC)C(=O)CCNC(C)(C)C. The largest absolute Gasteiger partial charge is 0.312 e. The van der Waals surface area contributed by atoms with Gasteiger partial charge in [0.25, 0.3) is 0 Å². The van der Waals surface area contributed by atoms with Crippen LogP contribution in [0.5, 0.6) is 0 Å². The summed E-state index contributed by atoms with van der Waals surface area (Å²) in [4.78, 5) is 11.7. The molecule has 0 aliphatic rings. The van der Waals surface area contributed by atoms with Gasteiger partial charge >= 0.3 is 0 Å². The van der Waals surface area contributed by atoms with Gasteiger partial charge in [-0.05, 0) is 33.6 Å². The van der Waals surface area contributed by atoms with Crippen molar-refractivity contribution in [3.63, 3.8) is 0 Å². The van der Waals surface area contributed by atoms with E-state index in [4.69, 9.17) is 0 Å². The van der Waals surface area contributed by atoms with Gasteiger partial charge in [0.05, 0.1) is 0 Å². The van der Waals surface area contributed by atoms with Crippen LogP contribution in [-0.4, -0.2) is 17.9 Å². The first-order chi connectivity index (χ1) is 6.40. The molecule has 84 valence electrons. The Morgan fingerprint density at radius 1 is 1.21 bits per heavy atom. The summed E-state index contributed by atoms with van der Waals surface area (Å²) in [5.41, 5.74) is 0.119. The Balaban J connectivity index is 3.74. The predicted octanol–water partition coefficient (Wildman–Crippen LogP) is 2.77. The van der Waals surface area contributed by atoms with E-state index in [0.29, 0.717) is 12.2 Å². The number of rotatable bonds is 6. The van der Waals surface area contributed by atoms with Crippen LogP contribution in [0.25, 0.3) is 0 Å². The molecule has 0 saturated heterocycles. The van der Waals surface area contributed by atoms with Crippen LogP contribution in [0.1, 0.15) is 53.9 Å². The lowest BCUT2D eigenvalue weighted by Crippen LogP contribution is -2.37. The Bertz CT molecular complexity index is 166. The van der Waals surface area contributed by atoms with Crippen LogP contribution in [0.4, 0.5) is 0 Å². The van der Waals surface area contributed by atoms with Crippen molar-refractivity contribution >= 4 is 5.78 Å². The number of hydrogen-bond donors (Lipinski definition) is 1. The van der Waals surface area contributed by atoms with Crippen molar-refractivity contribution in [3.05, 3.63) is 0 Å². The molecule has 2 nitrogen and oxygen atoms in total. The molecular formula is C12H25NO. The summed E-state index contributed by atoms with van der Waals surface area (Å²) in [7, 11) is 0. The van der Waals surface area contributed by atoms with Gasteiger partial charge < -0.3 is 5.32 Å². The lowest BCUT2D eigenvalue weighted by molar-refractivity contribution is -0.123. The van der Waals surface area contributed by atoms with E-state index in [-0.39, 0.29) is 11.5 Å². The van der Waals surface area contributed by atoms with Crippen LogP contribution < -0.4 is 5.32 Å². The smallest absolute Gasteiger partial charge is 0.137 e.